The van der Waals surface area contributed by atoms with Crippen molar-refractivity contribution in [3.8, 4) is 5.75 Å². The molecule has 2 N–H and O–H groups in total. The number of hydrogen-bond acceptors (Lipinski definition) is 4. The van der Waals surface area contributed by atoms with Gasteiger partial charge in [0, 0.05) is 19.3 Å². The average molecular weight is 260 g/mol. The van der Waals surface area contributed by atoms with E-state index < -0.39 is 6.10 Å². The van der Waals surface area contributed by atoms with Gasteiger partial charge in [0.25, 0.3) is 0 Å². The fraction of sp³-hybridized carbons (Fsp3) is 0.500. The molecular weight excluding hydrogens is 242 g/mol. The van der Waals surface area contributed by atoms with E-state index in [4.69, 9.17) is 21.1 Å². The molecule has 1 atom stereocenters. The van der Waals surface area contributed by atoms with Crippen molar-refractivity contribution in [3.63, 3.8) is 0 Å². The summed E-state index contributed by atoms with van der Waals surface area (Å²) in [7, 11) is 1.64. The minimum absolute atomic E-state index is 0.227. The van der Waals surface area contributed by atoms with Crippen molar-refractivity contribution in [2.45, 2.75) is 6.10 Å². The first kappa shape index (κ1) is 14.1. The molecule has 5 heteroatoms. The zero-order valence-electron chi connectivity index (χ0n) is 9.86. The molecule has 0 fully saturated rings. The zero-order chi connectivity index (χ0) is 12.5. The van der Waals surface area contributed by atoms with Crippen LogP contribution in [0.2, 0.25) is 0 Å². The van der Waals surface area contributed by atoms with Crippen LogP contribution < -0.4 is 10.1 Å². The Labute approximate surface area is 106 Å². The molecule has 0 radical (unpaired) electrons. The number of hydrogen-bond donors (Lipinski definition) is 2. The van der Waals surface area contributed by atoms with Crippen molar-refractivity contribution in [2.75, 3.05) is 38.1 Å². The van der Waals surface area contributed by atoms with E-state index in [2.05, 4.69) is 5.32 Å². The van der Waals surface area contributed by atoms with Crippen LogP contribution in [0.5, 0.6) is 5.75 Å². The van der Waals surface area contributed by atoms with E-state index in [1.807, 2.05) is 24.3 Å². The molecule has 0 heterocycles. The molecule has 1 aromatic rings. The van der Waals surface area contributed by atoms with Crippen molar-refractivity contribution in [2.24, 2.45) is 0 Å². The Morgan fingerprint density at radius 3 is 2.59 bits per heavy atom. The van der Waals surface area contributed by atoms with Gasteiger partial charge in [0.2, 0.25) is 0 Å². The molecule has 0 aliphatic rings. The van der Waals surface area contributed by atoms with E-state index in [1.165, 1.54) is 0 Å². The van der Waals surface area contributed by atoms with Crippen LogP contribution >= 0.6 is 11.6 Å². The molecule has 1 rings (SSSR count). The highest BCUT2D eigenvalue weighted by Crippen LogP contribution is 2.15. The molecule has 96 valence electrons. The minimum Gasteiger partial charge on any atom is -0.491 e. The Kier molecular flexibility index (Phi) is 6.77. The lowest BCUT2D eigenvalue weighted by atomic mass is 10.3. The number of aliphatic hydroxyl groups excluding tert-OH is 1. The van der Waals surface area contributed by atoms with Crippen molar-refractivity contribution in [1.29, 1.82) is 0 Å². The standard InChI is InChI=1S/C12H18ClNO3/c1-16-6-7-17-12-4-2-10(3-5-12)14-9-11(15)8-13/h2-5,11,14-15H,6-9H2,1H3. The van der Waals surface area contributed by atoms with E-state index in [-0.39, 0.29) is 5.88 Å². The summed E-state index contributed by atoms with van der Waals surface area (Å²) in [6.07, 6.45) is -0.533. The lowest BCUT2D eigenvalue weighted by Crippen LogP contribution is -2.20. The number of aliphatic hydroxyl groups is 1. The first-order chi connectivity index (χ1) is 8.26. The van der Waals surface area contributed by atoms with E-state index in [0.29, 0.717) is 19.8 Å². The van der Waals surface area contributed by atoms with Gasteiger partial charge in [-0.15, -0.1) is 11.6 Å². The van der Waals surface area contributed by atoms with Gasteiger partial charge in [0.05, 0.1) is 18.6 Å². The number of methoxy groups -OCH3 is 1. The number of halogens is 1. The Hall–Kier alpha value is -0.970. The molecular formula is C12H18ClNO3. The number of nitrogens with one attached hydrogen (secondary N) is 1. The third-order valence-electron chi connectivity index (χ3n) is 2.13. The van der Waals surface area contributed by atoms with Crippen molar-refractivity contribution >= 4 is 17.3 Å². The second-order valence-corrected chi connectivity index (χ2v) is 3.86. The SMILES string of the molecule is COCCOc1ccc(NCC(O)CCl)cc1. The highest BCUT2D eigenvalue weighted by atomic mass is 35.5. The number of benzene rings is 1. The second kappa shape index (κ2) is 8.17. The van der Waals surface area contributed by atoms with Crippen LogP contribution in [0.3, 0.4) is 0 Å². The van der Waals surface area contributed by atoms with E-state index >= 15 is 0 Å². The van der Waals surface area contributed by atoms with Crippen molar-refractivity contribution in [3.05, 3.63) is 24.3 Å². The van der Waals surface area contributed by atoms with Gasteiger partial charge < -0.3 is 19.9 Å². The zero-order valence-corrected chi connectivity index (χ0v) is 10.6. The first-order valence-electron chi connectivity index (χ1n) is 5.46. The predicted molar refractivity (Wildman–Crippen MR) is 69.0 cm³/mol. The highest BCUT2D eigenvalue weighted by Gasteiger charge is 2.01. The Morgan fingerprint density at radius 1 is 1.29 bits per heavy atom. The fourth-order valence-electron chi connectivity index (χ4n) is 1.20. The van der Waals surface area contributed by atoms with E-state index in [9.17, 15) is 5.11 Å². The molecule has 0 aliphatic heterocycles. The molecule has 17 heavy (non-hydrogen) atoms. The van der Waals surface area contributed by atoms with Gasteiger partial charge in [-0.2, -0.15) is 0 Å². The van der Waals surface area contributed by atoms with Crippen LogP contribution in [-0.4, -0.2) is 44.0 Å². The highest BCUT2D eigenvalue weighted by molar-refractivity contribution is 6.18. The topological polar surface area (TPSA) is 50.7 Å². The smallest absolute Gasteiger partial charge is 0.119 e. The van der Waals surface area contributed by atoms with Crippen molar-refractivity contribution in [1.82, 2.24) is 0 Å². The fourth-order valence-corrected chi connectivity index (χ4v) is 1.31. The van der Waals surface area contributed by atoms with Gasteiger partial charge >= 0.3 is 0 Å². The number of rotatable bonds is 8. The molecule has 4 nitrogen and oxygen atoms in total. The molecule has 1 aromatic carbocycles. The summed E-state index contributed by atoms with van der Waals surface area (Å²) >= 11 is 5.49. The van der Waals surface area contributed by atoms with Gasteiger partial charge in [0.15, 0.2) is 0 Å². The normalized spacial score (nSPS) is 12.2. The third kappa shape index (κ3) is 5.77. The first-order valence-corrected chi connectivity index (χ1v) is 5.99. The van der Waals surface area contributed by atoms with Crippen LogP contribution in [-0.2, 0) is 4.74 Å². The molecule has 0 aromatic heterocycles. The van der Waals surface area contributed by atoms with E-state index in [1.54, 1.807) is 7.11 Å². The quantitative estimate of drug-likeness (QED) is 0.551. The van der Waals surface area contributed by atoms with Gasteiger partial charge in [-0.3, -0.25) is 0 Å². The average Bonchev–Trinajstić information content (AvgIpc) is 2.37. The van der Waals surface area contributed by atoms with Gasteiger partial charge in [-0.1, -0.05) is 0 Å². The summed E-state index contributed by atoms with van der Waals surface area (Å²) in [5.74, 6) is 1.02. The van der Waals surface area contributed by atoms with Crippen molar-refractivity contribution < 1.29 is 14.6 Å². The summed E-state index contributed by atoms with van der Waals surface area (Å²) < 4.78 is 10.3. The van der Waals surface area contributed by atoms with Crippen LogP contribution in [0, 0.1) is 0 Å². The maximum atomic E-state index is 9.28. The number of alkyl halides is 1. The van der Waals surface area contributed by atoms with Gasteiger partial charge in [-0.05, 0) is 24.3 Å². The molecule has 0 amide bonds. The lowest BCUT2D eigenvalue weighted by molar-refractivity contribution is 0.146. The van der Waals surface area contributed by atoms with Gasteiger partial charge in [0.1, 0.15) is 12.4 Å². The molecule has 0 saturated carbocycles. The van der Waals surface area contributed by atoms with E-state index in [0.717, 1.165) is 11.4 Å². The van der Waals surface area contributed by atoms with Gasteiger partial charge in [-0.25, -0.2) is 0 Å². The summed E-state index contributed by atoms with van der Waals surface area (Å²) in [5.41, 5.74) is 0.924. The molecule has 0 aliphatic carbocycles. The van der Waals surface area contributed by atoms with Crippen LogP contribution in [0.25, 0.3) is 0 Å². The Morgan fingerprint density at radius 2 is 2.00 bits per heavy atom. The Balaban J connectivity index is 2.34. The minimum atomic E-state index is -0.533. The molecule has 0 spiro atoms. The maximum absolute atomic E-state index is 9.28. The molecule has 0 saturated heterocycles. The molecule has 1 unspecified atom stereocenters. The van der Waals surface area contributed by atoms with Crippen LogP contribution in [0.15, 0.2) is 24.3 Å². The Bertz CT molecular complexity index is 305. The molecule has 0 bridgehead atoms. The van der Waals surface area contributed by atoms with Crippen LogP contribution in [0.4, 0.5) is 5.69 Å². The summed E-state index contributed by atoms with van der Waals surface area (Å²) in [4.78, 5) is 0. The number of anilines is 1. The lowest BCUT2D eigenvalue weighted by Gasteiger charge is -2.11. The maximum Gasteiger partial charge on any atom is 0.119 e. The summed E-state index contributed by atoms with van der Waals surface area (Å²) in [5, 5.41) is 12.4. The largest absolute Gasteiger partial charge is 0.491 e. The predicted octanol–water partition coefficient (Wildman–Crippen LogP) is 1.72. The second-order valence-electron chi connectivity index (χ2n) is 3.55. The summed E-state index contributed by atoms with van der Waals surface area (Å²) in [6, 6.07) is 7.52. The van der Waals surface area contributed by atoms with Crippen LogP contribution in [0.1, 0.15) is 0 Å². The third-order valence-corrected chi connectivity index (χ3v) is 2.49. The monoisotopic (exact) mass is 259 g/mol. The summed E-state index contributed by atoms with van der Waals surface area (Å²) in [6.45, 7) is 1.55. The number of ether oxygens (including phenoxy) is 2.